The highest BCUT2D eigenvalue weighted by atomic mass is 32.1. The normalized spacial score (nSPS) is 18.6. The Morgan fingerprint density at radius 1 is 1.41 bits per heavy atom. The molecule has 3 rings (SSSR count). The van der Waals surface area contributed by atoms with Crippen LogP contribution < -0.4 is 0 Å². The lowest BCUT2D eigenvalue weighted by Gasteiger charge is -2.32. The Kier molecular flexibility index (Phi) is 4.64. The van der Waals surface area contributed by atoms with Crippen LogP contribution in [0.4, 0.5) is 0 Å². The predicted molar refractivity (Wildman–Crippen MR) is 87.3 cm³/mol. The molecule has 1 aliphatic rings. The third kappa shape index (κ3) is 3.25. The summed E-state index contributed by atoms with van der Waals surface area (Å²) in [6.45, 7) is 4.28. The second-order valence-electron chi connectivity index (χ2n) is 5.79. The zero-order valence-electron chi connectivity index (χ0n) is 13.0. The fourth-order valence-corrected chi connectivity index (χ4v) is 3.87. The molecular weight excluding hydrogens is 298 g/mol. The molecule has 3 heterocycles. The Labute approximate surface area is 134 Å². The minimum Gasteiger partial charge on any atom is -0.461 e. The monoisotopic (exact) mass is 319 g/mol. The Morgan fingerprint density at radius 3 is 3.00 bits per heavy atom. The molecule has 0 aliphatic carbocycles. The molecule has 4 nitrogen and oxygen atoms in total. The van der Waals surface area contributed by atoms with Gasteiger partial charge in [-0.25, -0.2) is 0 Å². The minimum absolute atomic E-state index is 0.125. The van der Waals surface area contributed by atoms with Crippen molar-refractivity contribution in [2.75, 3.05) is 26.8 Å². The molecule has 0 radical (unpaired) electrons. The molecule has 2 aromatic heterocycles. The average molecular weight is 319 g/mol. The Balaban J connectivity index is 1.71. The van der Waals surface area contributed by atoms with E-state index in [0.717, 1.165) is 53.8 Å². The fourth-order valence-electron chi connectivity index (χ4n) is 2.93. The lowest BCUT2D eigenvalue weighted by atomic mass is 9.99. The number of aryl methyl sites for hydroxylation is 1. The number of hydrogen-bond donors (Lipinski definition) is 0. The van der Waals surface area contributed by atoms with Gasteiger partial charge in [-0.15, -0.1) is 11.3 Å². The summed E-state index contributed by atoms with van der Waals surface area (Å²) in [5, 5.41) is 0. The maximum absolute atomic E-state index is 12.7. The van der Waals surface area contributed by atoms with Gasteiger partial charge in [0.15, 0.2) is 0 Å². The van der Waals surface area contributed by atoms with Crippen molar-refractivity contribution < 1.29 is 13.9 Å². The lowest BCUT2D eigenvalue weighted by Crippen LogP contribution is -2.40. The molecule has 1 amide bonds. The van der Waals surface area contributed by atoms with Crippen molar-refractivity contribution in [3.05, 3.63) is 34.9 Å². The number of carbonyl (C=O) groups excluding carboxylic acids is 1. The number of carbonyl (C=O) groups is 1. The first-order valence-corrected chi connectivity index (χ1v) is 8.44. The van der Waals surface area contributed by atoms with E-state index in [1.807, 2.05) is 36.1 Å². The van der Waals surface area contributed by atoms with E-state index < -0.39 is 0 Å². The smallest absolute Gasteiger partial charge is 0.263 e. The van der Waals surface area contributed by atoms with E-state index in [1.165, 1.54) is 11.3 Å². The first kappa shape index (κ1) is 15.3. The van der Waals surface area contributed by atoms with Gasteiger partial charge in [-0.2, -0.15) is 0 Å². The zero-order valence-corrected chi connectivity index (χ0v) is 13.8. The van der Waals surface area contributed by atoms with E-state index in [4.69, 9.17) is 9.15 Å². The highest BCUT2D eigenvalue weighted by molar-refractivity contribution is 7.17. The van der Waals surface area contributed by atoms with Gasteiger partial charge in [0.05, 0.1) is 16.4 Å². The Bertz CT molecular complexity index is 644. The third-order valence-corrected chi connectivity index (χ3v) is 5.10. The van der Waals surface area contributed by atoms with Crippen molar-refractivity contribution in [2.45, 2.75) is 19.8 Å². The lowest BCUT2D eigenvalue weighted by molar-refractivity contribution is 0.0575. The van der Waals surface area contributed by atoms with Gasteiger partial charge in [0, 0.05) is 20.2 Å². The second kappa shape index (κ2) is 6.67. The minimum atomic E-state index is 0.125. The van der Waals surface area contributed by atoms with Gasteiger partial charge in [0.2, 0.25) is 0 Å². The van der Waals surface area contributed by atoms with E-state index in [9.17, 15) is 4.79 Å². The van der Waals surface area contributed by atoms with E-state index in [0.29, 0.717) is 5.92 Å². The number of furan rings is 1. The number of hydrogen-bond acceptors (Lipinski definition) is 4. The van der Waals surface area contributed by atoms with E-state index in [2.05, 4.69) is 0 Å². The van der Waals surface area contributed by atoms with Crippen LogP contribution in [0, 0.1) is 12.8 Å². The molecule has 22 heavy (non-hydrogen) atoms. The molecule has 1 fully saturated rings. The quantitative estimate of drug-likeness (QED) is 0.860. The topological polar surface area (TPSA) is 42.7 Å². The summed E-state index contributed by atoms with van der Waals surface area (Å²) in [5.41, 5.74) is 0. The maximum Gasteiger partial charge on any atom is 0.263 e. The first-order valence-electron chi connectivity index (χ1n) is 7.62. The number of methoxy groups -OCH3 is 1. The van der Waals surface area contributed by atoms with Crippen molar-refractivity contribution in [3.8, 4) is 10.6 Å². The molecule has 5 heteroatoms. The number of nitrogens with zero attached hydrogens (tertiary/aromatic N) is 1. The molecule has 1 saturated heterocycles. The van der Waals surface area contributed by atoms with Crippen molar-refractivity contribution in [1.29, 1.82) is 0 Å². The highest BCUT2D eigenvalue weighted by Gasteiger charge is 2.25. The van der Waals surface area contributed by atoms with Crippen LogP contribution in [0.3, 0.4) is 0 Å². The molecule has 2 aromatic rings. The standard InChI is InChI=1S/C17H21NO3S/c1-12-5-6-14(21-12)15-7-8-16(22-15)17(19)18-9-3-4-13(10-18)11-20-2/h5-8,13H,3-4,9-11H2,1-2H3/t13-/m0/s1. The molecule has 0 N–H and O–H groups in total. The van der Waals surface area contributed by atoms with Gasteiger partial charge >= 0.3 is 0 Å². The summed E-state index contributed by atoms with van der Waals surface area (Å²) in [4.78, 5) is 16.4. The van der Waals surface area contributed by atoms with Gasteiger partial charge in [0.1, 0.15) is 11.5 Å². The maximum atomic E-state index is 12.7. The number of rotatable bonds is 4. The number of likely N-dealkylation sites (tertiary alicyclic amines) is 1. The van der Waals surface area contributed by atoms with Crippen LogP contribution >= 0.6 is 11.3 Å². The van der Waals surface area contributed by atoms with Crippen LogP contribution in [0.2, 0.25) is 0 Å². The second-order valence-corrected chi connectivity index (χ2v) is 6.87. The molecule has 1 atom stereocenters. The van der Waals surface area contributed by atoms with Gasteiger partial charge in [-0.1, -0.05) is 0 Å². The molecule has 0 aromatic carbocycles. The number of thiophene rings is 1. The largest absolute Gasteiger partial charge is 0.461 e. The molecule has 1 aliphatic heterocycles. The number of piperidine rings is 1. The fraction of sp³-hybridized carbons (Fsp3) is 0.471. The summed E-state index contributed by atoms with van der Waals surface area (Å²) in [5.74, 6) is 2.29. The van der Waals surface area contributed by atoms with Crippen LogP contribution in [-0.2, 0) is 4.74 Å². The molecule has 0 spiro atoms. The highest BCUT2D eigenvalue weighted by Crippen LogP contribution is 2.31. The molecule has 118 valence electrons. The summed E-state index contributed by atoms with van der Waals surface area (Å²) in [6.07, 6.45) is 2.19. The van der Waals surface area contributed by atoms with E-state index >= 15 is 0 Å². The number of amides is 1. The predicted octanol–water partition coefficient (Wildman–Crippen LogP) is 3.82. The summed E-state index contributed by atoms with van der Waals surface area (Å²) < 4.78 is 10.9. The van der Waals surface area contributed by atoms with Gasteiger partial charge < -0.3 is 14.1 Å². The molecule has 0 unspecified atom stereocenters. The van der Waals surface area contributed by atoms with Crippen molar-refractivity contribution in [3.63, 3.8) is 0 Å². The van der Waals surface area contributed by atoms with Gasteiger partial charge in [-0.3, -0.25) is 4.79 Å². The molecule has 0 saturated carbocycles. The first-order chi connectivity index (χ1) is 10.7. The van der Waals surface area contributed by atoms with Crippen LogP contribution in [0.15, 0.2) is 28.7 Å². The average Bonchev–Trinajstić information content (AvgIpc) is 3.16. The van der Waals surface area contributed by atoms with Crippen molar-refractivity contribution in [2.24, 2.45) is 5.92 Å². The Morgan fingerprint density at radius 2 is 2.27 bits per heavy atom. The van der Waals surface area contributed by atoms with Gasteiger partial charge in [-0.05, 0) is 49.9 Å². The van der Waals surface area contributed by atoms with Crippen LogP contribution in [0.5, 0.6) is 0 Å². The Hall–Kier alpha value is -1.59. The van der Waals surface area contributed by atoms with Crippen LogP contribution in [-0.4, -0.2) is 37.6 Å². The molecule has 0 bridgehead atoms. The van der Waals surface area contributed by atoms with E-state index in [1.54, 1.807) is 7.11 Å². The van der Waals surface area contributed by atoms with E-state index in [-0.39, 0.29) is 5.91 Å². The summed E-state index contributed by atoms with van der Waals surface area (Å²) >= 11 is 1.50. The number of ether oxygens (including phenoxy) is 1. The third-order valence-electron chi connectivity index (χ3n) is 4.01. The molecular formula is C17H21NO3S. The van der Waals surface area contributed by atoms with Crippen LogP contribution in [0.25, 0.3) is 10.6 Å². The van der Waals surface area contributed by atoms with Gasteiger partial charge in [0.25, 0.3) is 5.91 Å². The van der Waals surface area contributed by atoms with Crippen molar-refractivity contribution in [1.82, 2.24) is 4.90 Å². The summed E-state index contributed by atoms with van der Waals surface area (Å²) in [6, 6.07) is 7.76. The zero-order chi connectivity index (χ0) is 15.5. The van der Waals surface area contributed by atoms with Crippen LogP contribution in [0.1, 0.15) is 28.3 Å². The summed E-state index contributed by atoms with van der Waals surface area (Å²) in [7, 11) is 1.72. The van der Waals surface area contributed by atoms with Crippen molar-refractivity contribution >= 4 is 17.2 Å². The SMILES string of the molecule is COC[C@H]1CCCN(C(=O)c2ccc(-c3ccc(C)o3)s2)C1.